The van der Waals surface area contributed by atoms with E-state index < -0.39 is 0 Å². The predicted molar refractivity (Wildman–Crippen MR) is 61.2 cm³/mol. The summed E-state index contributed by atoms with van der Waals surface area (Å²) < 4.78 is 10.4. The largest absolute Gasteiger partial charge is 0.385 e. The lowest BCUT2D eigenvalue weighted by molar-refractivity contribution is 0.0706. The molecule has 1 rings (SSSR count). The molecule has 1 aliphatic heterocycles. The van der Waals surface area contributed by atoms with Crippen LogP contribution in [0.25, 0.3) is 0 Å². The molecule has 0 bridgehead atoms. The molecule has 0 saturated carbocycles. The van der Waals surface area contributed by atoms with Crippen LogP contribution in [0.5, 0.6) is 0 Å². The fourth-order valence-electron chi connectivity index (χ4n) is 1.77. The molecule has 0 aromatic heterocycles. The number of nitrogens with zero attached hydrogens (tertiary/aromatic N) is 1. The van der Waals surface area contributed by atoms with Crippen molar-refractivity contribution in [3.05, 3.63) is 0 Å². The molecule has 1 N–H and O–H groups in total. The molecule has 1 aliphatic rings. The van der Waals surface area contributed by atoms with Gasteiger partial charge in [0.05, 0.1) is 13.2 Å². The van der Waals surface area contributed by atoms with E-state index in [0.717, 1.165) is 45.9 Å². The Morgan fingerprint density at radius 2 is 2.33 bits per heavy atom. The third-order valence-electron chi connectivity index (χ3n) is 2.75. The van der Waals surface area contributed by atoms with E-state index in [4.69, 9.17) is 9.47 Å². The van der Waals surface area contributed by atoms with Crippen molar-refractivity contribution < 1.29 is 9.47 Å². The first kappa shape index (κ1) is 12.9. The van der Waals surface area contributed by atoms with Crippen LogP contribution >= 0.6 is 0 Å². The van der Waals surface area contributed by atoms with Gasteiger partial charge in [0, 0.05) is 32.8 Å². The Morgan fingerprint density at radius 3 is 3.00 bits per heavy atom. The molecule has 4 heteroatoms. The standard InChI is InChI=1S/C11H24N2O2/c1-13(6-3-8-14-2)7-4-11-10-15-9-5-12-11/h11-12H,3-10H2,1-2H3. The van der Waals surface area contributed by atoms with Gasteiger partial charge >= 0.3 is 0 Å². The highest BCUT2D eigenvalue weighted by molar-refractivity contribution is 4.71. The van der Waals surface area contributed by atoms with E-state index in [0.29, 0.717) is 6.04 Å². The summed E-state index contributed by atoms with van der Waals surface area (Å²) in [5, 5.41) is 3.47. The minimum atomic E-state index is 0.545. The second kappa shape index (κ2) is 8.05. The maximum absolute atomic E-state index is 5.41. The minimum absolute atomic E-state index is 0.545. The molecule has 4 nitrogen and oxygen atoms in total. The molecule has 1 atom stereocenters. The van der Waals surface area contributed by atoms with E-state index in [1.165, 1.54) is 6.42 Å². The molecule has 1 saturated heterocycles. The van der Waals surface area contributed by atoms with E-state index in [9.17, 15) is 0 Å². The summed E-state index contributed by atoms with van der Waals surface area (Å²) in [6.07, 6.45) is 2.28. The molecule has 1 heterocycles. The van der Waals surface area contributed by atoms with Gasteiger partial charge in [-0.15, -0.1) is 0 Å². The van der Waals surface area contributed by atoms with Gasteiger partial charge in [0.2, 0.25) is 0 Å². The highest BCUT2D eigenvalue weighted by Gasteiger charge is 2.12. The summed E-state index contributed by atoms with van der Waals surface area (Å²) in [5.74, 6) is 0. The van der Waals surface area contributed by atoms with Crippen LogP contribution in [0, 0.1) is 0 Å². The Morgan fingerprint density at radius 1 is 1.47 bits per heavy atom. The predicted octanol–water partition coefficient (Wildman–Crippen LogP) is 0.333. The zero-order valence-electron chi connectivity index (χ0n) is 10.00. The van der Waals surface area contributed by atoms with Crippen LogP contribution in [0.1, 0.15) is 12.8 Å². The van der Waals surface area contributed by atoms with E-state index in [2.05, 4.69) is 17.3 Å². The first-order valence-corrected chi connectivity index (χ1v) is 5.81. The maximum atomic E-state index is 5.41. The quantitative estimate of drug-likeness (QED) is 0.622. The van der Waals surface area contributed by atoms with Crippen LogP contribution in [0.3, 0.4) is 0 Å². The summed E-state index contributed by atoms with van der Waals surface area (Å²) in [6, 6.07) is 0.545. The van der Waals surface area contributed by atoms with Crippen molar-refractivity contribution in [1.29, 1.82) is 0 Å². The monoisotopic (exact) mass is 216 g/mol. The van der Waals surface area contributed by atoms with Crippen molar-refractivity contribution >= 4 is 0 Å². The van der Waals surface area contributed by atoms with Crippen LogP contribution < -0.4 is 5.32 Å². The van der Waals surface area contributed by atoms with Crippen LogP contribution in [0.2, 0.25) is 0 Å². The summed E-state index contributed by atoms with van der Waals surface area (Å²) in [7, 11) is 3.92. The number of hydrogen-bond acceptors (Lipinski definition) is 4. The topological polar surface area (TPSA) is 33.7 Å². The van der Waals surface area contributed by atoms with E-state index in [1.54, 1.807) is 7.11 Å². The highest BCUT2D eigenvalue weighted by Crippen LogP contribution is 2.00. The lowest BCUT2D eigenvalue weighted by Crippen LogP contribution is -2.43. The Balaban J connectivity index is 1.97. The average molecular weight is 216 g/mol. The maximum Gasteiger partial charge on any atom is 0.0620 e. The SMILES string of the molecule is COCCCN(C)CCC1COCCN1. The normalized spacial score (nSPS) is 22.2. The molecule has 90 valence electrons. The van der Waals surface area contributed by atoms with Gasteiger partial charge in [0.15, 0.2) is 0 Å². The molecule has 15 heavy (non-hydrogen) atoms. The average Bonchev–Trinajstić information content (AvgIpc) is 2.28. The van der Waals surface area contributed by atoms with E-state index in [-0.39, 0.29) is 0 Å². The molecule has 0 radical (unpaired) electrons. The molecule has 0 aromatic rings. The Labute approximate surface area is 92.9 Å². The first-order valence-electron chi connectivity index (χ1n) is 5.81. The van der Waals surface area contributed by atoms with Crippen LogP contribution in [-0.2, 0) is 9.47 Å². The molecule has 0 aromatic carbocycles. The Hall–Kier alpha value is -0.160. The lowest BCUT2D eigenvalue weighted by atomic mass is 10.2. The summed E-state index contributed by atoms with van der Waals surface area (Å²) >= 11 is 0. The number of methoxy groups -OCH3 is 1. The molecule has 0 spiro atoms. The number of morpholine rings is 1. The van der Waals surface area contributed by atoms with Crippen molar-refractivity contribution in [2.75, 3.05) is 53.6 Å². The number of ether oxygens (including phenoxy) is 2. The van der Waals surface area contributed by atoms with Crippen molar-refractivity contribution in [2.45, 2.75) is 18.9 Å². The van der Waals surface area contributed by atoms with Crippen LogP contribution in [0.15, 0.2) is 0 Å². The van der Waals surface area contributed by atoms with Gasteiger partial charge in [-0.05, 0) is 26.4 Å². The summed E-state index contributed by atoms with van der Waals surface area (Å²) in [6.45, 7) is 5.82. The van der Waals surface area contributed by atoms with Gasteiger partial charge in [0.1, 0.15) is 0 Å². The Kier molecular flexibility index (Phi) is 6.92. The van der Waals surface area contributed by atoms with Crippen LogP contribution in [0.4, 0.5) is 0 Å². The Bertz CT molecular complexity index is 150. The van der Waals surface area contributed by atoms with E-state index >= 15 is 0 Å². The molecule has 1 unspecified atom stereocenters. The van der Waals surface area contributed by atoms with Gasteiger partial charge in [-0.25, -0.2) is 0 Å². The fraction of sp³-hybridized carbons (Fsp3) is 1.00. The minimum Gasteiger partial charge on any atom is -0.385 e. The van der Waals surface area contributed by atoms with Gasteiger partial charge in [-0.3, -0.25) is 0 Å². The molecule has 0 amide bonds. The molecule has 1 fully saturated rings. The van der Waals surface area contributed by atoms with Crippen LogP contribution in [-0.4, -0.2) is 64.6 Å². The summed E-state index contributed by atoms with van der Waals surface area (Å²) in [5.41, 5.74) is 0. The highest BCUT2D eigenvalue weighted by atomic mass is 16.5. The second-order valence-corrected chi connectivity index (χ2v) is 4.16. The second-order valence-electron chi connectivity index (χ2n) is 4.16. The van der Waals surface area contributed by atoms with Gasteiger partial charge in [-0.1, -0.05) is 0 Å². The van der Waals surface area contributed by atoms with E-state index in [1.807, 2.05) is 0 Å². The third-order valence-corrected chi connectivity index (χ3v) is 2.75. The molecule has 0 aliphatic carbocycles. The van der Waals surface area contributed by atoms with Crippen molar-refractivity contribution in [3.8, 4) is 0 Å². The first-order chi connectivity index (χ1) is 7.33. The lowest BCUT2D eigenvalue weighted by Gasteiger charge is -2.26. The molecular formula is C11H24N2O2. The zero-order valence-corrected chi connectivity index (χ0v) is 10.00. The fourth-order valence-corrected chi connectivity index (χ4v) is 1.77. The summed E-state index contributed by atoms with van der Waals surface area (Å²) in [4.78, 5) is 2.36. The molecular weight excluding hydrogens is 192 g/mol. The van der Waals surface area contributed by atoms with Crippen molar-refractivity contribution in [1.82, 2.24) is 10.2 Å². The third kappa shape index (κ3) is 6.10. The number of rotatable bonds is 7. The van der Waals surface area contributed by atoms with Gasteiger partial charge < -0.3 is 19.7 Å². The number of nitrogens with one attached hydrogen (secondary N) is 1. The van der Waals surface area contributed by atoms with Gasteiger partial charge in [-0.2, -0.15) is 0 Å². The van der Waals surface area contributed by atoms with Gasteiger partial charge in [0.25, 0.3) is 0 Å². The smallest absolute Gasteiger partial charge is 0.0620 e. The zero-order chi connectivity index (χ0) is 10.9. The number of hydrogen-bond donors (Lipinski definition) is 1. The van der Waals surface area contributed by atoms with Crippen molar-refractivity contribution in [2.24, 2.45) is 0 Å². The van der Waals surface area contributed by atoms with Crippen molar-refractivity contribution in [3.63, 3.8) is 0 Å².